The Morgan fingerprint density at radius 3 is 2.54 bits per heavy atom. The zero-order valence-electron chi connectivity index (χ0n) is 14.0. The lowest BCUT2D eigenvalue weighted by Crippen LogP contribution is -2.24. The minimum atomic E-state index is -4.53. The van der Waals surface area contributed by atoms with E-state index < -0.39 is 24.4 Å². The highest BCUT2D eigenvalue weighted by molar-refractivity contribution is 9.10. The molecule has 0 saturated carbocycles. The second-order valence-electron chi connectivity index (χ2n) is 5.57. The average molecular weight is 451 g/mol. The standard InChI is InChI=1S/C18H16BrClF3NO2/c1-24-17(25)10-3-5-15(20)11(7-10)8-14(18(21,22)23)13-9-12(19)4-6-16(13)26-2/h3-7,9,14H,8H2,1-2H3,(H,24,25). The molecule has 0 saturated heterocycles. The summed E-state index contributed by atoms with van der Waals surface area (Å²) in [6.07, 6.45) is -4.94. The predicted molar refractivity (Wildman–Crippen MR) is 98.0 cm³/mol. The number of benzene rings is 2. The molecular weight excluding hydrogens is 435 g/mol. The number of hydrogen-bond acceptors (Lipinski definition) is 2. The van der Waals surface area contributed by atoms with Gasteiger partial charge < -0.3 is 10.1 Å². The fourth-order valence-electron chi connectivity index (χ4n) is 2.62. The van der Waals surface area contributed by atoms with E-state index in [1.165, 1.54) is 44.5 Å². The van der Waals surface area contributed by atoms with Gasteiger partial charge in [-0.1, -0.05) is 27.5 Å². The number of ether oxygens (including phenoxy) is 1. The topological polar surface area (TPSA) is 38.3 Å². The maximum absolute atomic E-state index is 13.8. The van der Waals surface area contributed by atoms with Crippen LogP contribution in [0.2, 0.25) is 5.02 Å². The van der Waals surface area contributed by atoms with Gasteiger partial charge in [-0.2, -0.15) is 13.2 Å². The minimum Gasteiger partial charge on any atom is -0.496 e. The monoisotopic (exact) mass is 449 g/mol. The van der Waals surface area contributed by atoms with Gasteiger partial charge in [-0.25, -0.2) is 0 Å². The van der Waals surface area contributed by atoms with Gasteiger partial charge in [0.25, 0.3) is 5.91 Å². The second kappa shape index (κ2) is 8.31. The number of methoxy groups -OCH3 is 1. The third kappa shape index (κ3) is 4.71. The summed E-state index contributed by atoms with van der Waals surface area (Å²) >= 11 is 9.29. The summed E-state index contributed by atoms with van der Waals surface area (Å²) in [6.45, 7) is 0. The van der Waals surface area contributed by atoms with Gasteiger partial charge in [-0.05, 0) is 48.4 Å². The van der Waals surface area contributed by atoms with Gasteiger partial charge in [0, 0.05) is 27.7 Å². The Hall–Kier alpha value is -1.73. The molecule has 8 heteroatoms. The lowest BCUT2D eigenvalue weighted by Gasteiger charge is -2.23. The van der Waals surface area contributed by atoms with Crippen molar-refractivity contribution in [1.82, 2.24) is 5.32 Å². The third-order valence-corrected chi connectivity index (χ3v) is 4.78. The molecule has 1 atom stereocenters. The van der Waals surface area contributed by atoms with Crippen LogP contribution >= 0.6 is 27.5 Å². The Morgan fingerprint density at radius 1 is 1.27 bits per heavy atom. The first-order valence-electron chi connectivity index (χ1n) is 7.58. The zero-order valence-corrected chi connectivity index (χ0v) is 16.3. The van der Waals surface area contributed by atoms with Crippen LogP contribution in [0.1, 0.15) is 27.4 Å². The van der Waals surface area contributed by atoms with Crippen LogP contribution in [0.4, 0.5) is 13.2 Å². The molecule has 0 heterocycles. The molecule has 2 rings (SSSR count). The fourth-order valence-corrected chi connectivity index (χ4v) is 3.19. The Morgan fingerprint density at radius 2 is 1.96 bits per heavy atom. The van der Waals surface area contributed by atoms with Crippen LogP contribution < -0.4 is 10.1 Å². The average Bonchev–Trinajstić information content (AvgIpc) is 2.59. The van der Waals surface area contributed by atoms with E-state index in [2.05, 4.69) is 21.2 Å². The maximum Gasteiger partial charge on any atom is 0.396 e. The van der Waals surface area contributed by atoms with Crippen molar-refractivity contribution in [3.8, 4) is 5.75 Å². The molecule has 140 valence electrons. The van der Waals surface area contributed by atoms with Crippen molar-refractivity contribution in [2.75, 3.05) is 14.2 Å². The SMILES string of the molecule is CNC(=O)c1ccc(Cl)c(CC(c2cc(Br)ccc2OC)C(F)(F)F)c1. The van der Waals surface area contributed by atoms with Gasteiger partial charge in [0.05, 0.1) is 13.0 Å². The highest BCUT2D eigenvalue weighted by Gasteiger charge is 2.42. The first-order chi connectivity index (χ1) is 12.2. The number of carbonyl (C=O) groups excluding carboxylic acids is 1. The van der Waals surface area contributed by atoms with E-state index in [9.17, 15) is 18.0 Å². The summed E-state index contributed by atoms with van der Waals surface area (Å²) in [5.41, 5.74) is 0.474. The minimum absolute atomic E-state index is 0.00390. The Bertz CT molecular complexity index is 812. The molecule has 0 spiro atoms. The number of carbonyl (C=O) groups is 1. The van der Waals surface area contributed by atoms with Crippen molar-refractivity contribution in [2.24, 2.45) is 0 Å². The van der Waals surface area contributed by atoms with E-state index in [0.29, 0.717) is 4.47 Å². The molecule has 2 aromatic carbocycles. The van der Waals surface area contributed by atoms with Crippen molar-refractivity contribution < 1.29 is 22.7 Å². The molecule has 0 aliphatic rings. The van der Waals surface area contributed by atoms with Crippen molar-refractivity contribution >= 4 is 33.4 Å². The van der Waals surface area contributed by atoms with Crippen LogP contribution in [0, 0.1) is 0 Å². The molecule has 0 aromatic heterocycles. The second-order valence-corrected chi connectivity index (χ2v) is 6.89. The first-order valence-corrected chi connectivity index (χ1v) is 8.75. The quantitative estimate of drug-likeness (QED) is 0.666. The summed E-state index contributed by atoms with van der Waals surface area (Å²) in [4.78, 5) is 11.8. The fraction of sp³-hybridized carbons (Fsp3) is 0.278. The van der Waals surface area contributed by atoms with Crippen LogP contribution in [0.25, 0.3) is 0 Å². The lowest BCUT2D eigenvalue weighted by atomic mass is 9.90. The van der Waals surface area contributed by atoms with E-state index in [4.69, 9.17) is 16.3 Å². The van der Waals surface area contributed by atoms with Gasteiger partial charge in [0.2, 0.25) is 0 Å². The molecule has 1 amide bonds. The van der Waals surface area contributed by atoms with Gasteiger partial charge in [-0.3, -0.25) is 4.79 Å². The maximum atomic E-state index is 13.8. The highest BCUT2D eigenvalue weighted by Crippen LogP contribution is 2.43. The largest absolute Gasteiger partial charge is 0.496 e. The predicted octanol–water partition coefficient (Wildman–Crippen LogP) is 5.36. The summed E-state index contributed by atoms with van der Waals surface area (Å²) < 4.78 is 47.0. The number of nitrogens with one attached hydrogen (secondary N) is 1. The van der Waals surface area contributed by atoms with E-state index >= 15 is 0 Å². The number of hydrogen-bond donors (Lipinski definition) is 1. The van der Waals surface area contributed by atoms with Crippen LogP contribution in [0.5, 0.6) is 5.75 Å². The summed E-state index contributed by atoms with van der Waals surface area (Å²) in [5.74, 6) is -2.10. The van der Waals surface area contributed by atoms with Crippen LogP contribution in [0.15, 0.2) is 40.9 Å². The van der Waals surface area contributed by atoms with Crippen molar-refractivity contribution in [2.45, 2.75) is 18.5 Å². The first kappa shape index (κ1) is 20.6. The van der Waals surface area contributed by atoms with Gasteiger partial charge in [0.1, 0.15) is 5.75 Å². The lowest BCUT2D eigenvalue weighted by molar-refractivity contribution is -0.150. The van der Waals surface area contributed by atoms with Crippen LogP contribution in [0.3, 0.4) is 0 Å². The molecule has 1 N–H and O–H groups in total. The molecule has 0 aliphatic heterocycles. The number of amides is 1. The molecule has 3 nitrogen and oxygen atoms in total. The number of halogens is 5. The van der Waals surface area contributed by atoms with Crippen molar-refractivity contribution in [3.05, 3.63) is 62.6 Å². The summed E-state index contributed by atoms with van der Waals surface area (Å²) in [5, 5.41) is 2.61. The Labute approximate surface area is 162 Å². The number of rotatable bonds is 5. The Kier molecular flexibility index (Phi) is 6.58. The molecule has 0 bridgehead atoms. The van der Waals surface area contributed by atoms with Gasteiger partial charge >= 0.3 is 6.18 Å². The highest BCUT2D eigenvalue weighted by atomic mass is 79.9. The number of alkyl halides is 3. The third-order valence-electron chi connectivity index (χ3n) is 3.92. The molecule has 0 aliphatic carbocycles. The van der Waals surface area contributed by atoms with E-state index in [-0.39, 0.29) is 27.5 Å². The molecular formula is C18H16BrClF3NO2. The van der Waals surface area contributed by atoms with Crippen LogP contribution in [-0.2, 0) is 6.42 Å². The van der Waals surface area contributed by atoms with Crippen molar-refractivity contribution in [1.29, 1.82) is 0 Å². The smallest absolute Gasteiger partial charge is 0.396 e. The Balaban J connectivity index is 2.52. The van der Waals surface area contributed by atoms with E-state index in [0.717, 1.165) is 0 Å². The van der Waals surface area contributed by atoms with E-state index in [1.807, 2.05) is 0 Å². The van der Waals surface area contributed by atoms with Gasteiger partial charge in [-0.15, -0.1) is 0 Å². The molecule has 1 unspecified atom stereocenters. The van der Waals surface area contributed by atoms with Crippen LogP contribution in [-0.4, -0.2) is 26.2 Å². The van der Waals surface area contributed by atoms with Crippen molar-refractivity contribution in [3.63, 3.8) is 0 Å². The molecule has 0 fully saturated rings. The van der Waals surface area contributed by atoms with Gasteiger partial charge in [0.15, 0.2) is 0 Å². The summed E-state index contributed by atoms with van der Waals surface area (Å²) in [6, 6.07) is 8.73. The molecule has 0 radical (unpaired) electrons. The van der Waals surface area contributed by atoms with E-state index in [1.54, 1.807) is 6.07 Å². The molecule has 26 heavy (non-hydrogen) atoms. The zero-order chi connectivity index (χ0) is 19.5. The normalized spacial score (nSPS) is 12.6. The molecule has 2 aromatic rings. The summed E-state index contributed by atoms with van der Waals surface area (Å²) in [7, 11) is 2.76.